The van der Waals surface area contributed by atoms with Crippen LogP contribution in [-0.2, 0) is 14.8 Å². The Bertz CT molecular complexity index is 617. The predicted molar refractivity (Wildman–Crippen MR) is 68.3 cm³/mol. The van der Waals surface area contributed by atoms with Crippen molar-refractivity contribution in [2.75, 3.05) is 5.32 Å². The van der Waals surface area contributed by atoms with Crippen molar-refractivity contribution in [1.29, 1.82) is 0 Å². The summed E-state index contributed by atoms with van der Waals surface area (Å²) < 4.78 is 49.5. The molecule has 0 saturated heterocycles. The zero-order valence-electron chi connectivity index (χ0n) is 10.5. The fourth-order valence-electron chi connectivity index (χ4n) is 2.25. The molecule has 3 N–H and O–H groups in total. The Morgan fingerprint density at radius 2 is 1.70 bits per heavy atom. The Labute approximate surface area is 115 Å². The van der Waals surface area contributed by atoms with Crippen molar-refractivity contribution in [2.24, 2.45) is 11.1 Å². The Hall–Kier alpha value is -1.54. The molecule has 0 unspecified atom stereocenters. The Morgan fingerprint density at radius 1 is 1.20 bits per heavy atom. The molecule has 0 radical (unpaired) electrons. The third kappa shape index (κ3) is 3.13. The highest BCUT2D eigenvalue weighted by Gasteiger charge is 2.25. The van der Waals surface area contributed by atoms with Crippen LogP contribution in [-0.4, -0.2) is 14.3 Å². The van der Waals surface area contributed by atoms with E-state index < -0.39 is 38.1 Å². The van der Waals surface area contributed by atoms with Crippen LogP contribution < -0.4 is 10.5 Å². The largest absolute Gasteiger partial charge is 0.321 e. The van der Waals surface area contributed by atoms with Gasteiger partial charge < -0.3 is 5.32 Å². The Balaban J connectivity index is 2.26. The molecule has 110 valence electrons. The number of carbonyl (C=O) groups is 1. The molecule has 0 bridgehead atoms. The van der Waals surface area contributed by atoms with Gasteiger partial charge in [0, 0.05) is 5.92 Å². The van der Waals surface area contributed by atoms with Crippen molar-refractivity contribution in [3.8, 4) is 0 Å². The maximum Gasteiger partial charge on any atom is 0.238 e. The van der Waals surface area contributed by atoms with Gasteiger partial charge in [0.25, 0.3) is 0 Å². The first-order chi connectivity index (χ1) is 9.29. The van der Waals surface area contributed by atoms with E-state index in [2.05, 4.69) is 5.32 Å². The number of halogens is 2. The maximum atomic E-state index is 13.7. The van der Waals surface area contributed by atoms with Crippen LogP contribution in [0.1, 0.15) is 25.7 Å². The minimum absolute atomic E-state index is 0.258. The summed E-state index contributed by atoms with van der Waals surface area (Å²) in [6.07, 6.45) is 3.19. The van der Waals surface area contributed by atoms with Crippen molar-refractivity contribution in [2.45, 2.75) is 30.6 Å². The van der Waals surface area contributed by atoms with E-state index in [-0.39, 0.29) is 5.92 Å². The summed E-state index contributed by atoms with van der Waals surface area (Å²) in [5, 5.41) is 6.97. The van der Waals surface area contributed by atoms with Gasteiger partial charge in [-0.05, 0) is 25.0 Å². The summed E-state index contributed by atoms with van der Waals surface area (Å²) >= 11 is 0. The fourth-order valence-corrected chi connectivity index (χ4v) is 2.78. The molecule has 1 aliphatic rings. The lowest BCUT2D eigenvalue weighted by Crippen LogP contribution is -2.22. The number of rotatable bonds is 3. The summed E-state index contributed by atoms with van der Waals surface area (Å²) in [5.74, 6) is -3.05. The minimum Gasteiger partial charge on any atom is -0.321 e. The van der Waals surface area contributed by atoms with Crippen LogP contribution in [0.25, 0.3) is 0 Å². The summed E-state index contributed by atoms with van der Waals surface area (Å²) in [6.45, 7) is 0. The number of hydrogen-bond acceptors (Lipinski definition) is 3. The first kappa shape index (κ1) is 14.9. The summed E-state index contributed by atoms with van der Waals surface area (Å²) in [6, 6.07) is 1.17. The van der Waals surface area contributed by atoms with Gasteiger partial charge in [0.1, 0.15) is 5.69 Å². The first-order valence-electron chi connectivity index (χ1n) is 6.12. The van der Waals surface area contributed by atoms with Crippen LogP contribution in [0, 0.1) is 17.6 Å². The molecule has 1 amide bonds. The average Bonchev–Trinajstić information content (AvgIpc) is 2.85. The second kappa shape index (κ2) is 5.45. The summed E-state index contributed by atoms with van der Waals surface area (Å²) in [7, 11) is -4.20. The van der Waals surface area contributed by atoms with Gasteiger partial charge in [-0.15, -0.1) is 0 Å². The van der Waals surface area contributed by atoms with E-state index in [0.29, 0.717) is 25.0 Å². The molecular formula is C12H14F2N2O3S. The number of amides is 1. The predicted octanol–water partition coefficient (Wildman–Crippen LogP) is 1.74. The van der Waals surface area contributed by atoms with Crippen LogP contribution in [0.4, 0.5) is 14.5 Å². The Kier molecular flexibility index (Phi) is 4.05. The highest BCUT2D eigenvalue weighted by molar-refractivity contribution is 7.89. The van der Waals surface area contributed by atoms with E-state index in [9.17, 15) is 22.0 Å². The third-order valence-corrected chi connectivity index (χ3v) is 4.21. The molecule has 0 heterocycles. The lowest BCUT2D eigenvalue weighted by Gasteiger charge is -2.12. The number of carbonyl (C=O) groups excluding carboxylic acids is 1. The highest BCUT2D eigenvalue weighted by Crippen LogP contribution is 2.28. The van der Waals surface area contributed by atoms with Gasteiger partial charge in [-0.1, -0.05) is 12.8 Å². The fraction of sp³-hybridized carbons (Fsp3) is 0.417. The van der Waals surface area contributed by atoms with Crippen molar-refractivity contribution in [3.63, 3.8) is 0 Å². The molecule has 8 heteroatoms. The van der Waals surface area contributed by atoms with Gasteiger partial charge in [0.15, 0.2) is 11.6 Å². The first-order valence-corrected chi connectivity index (χ1v) is 7.66. The lowest BCUT2D eigenvalue weighted by molar-refractivity contribution is -0.119. The summed E-state index contributed by atoms with van der Waals surface area (Å²) in [5.41, 5.74) is -0.644. The number of nitrogens with one attached hydrogen (secondary N) is 1. The van der Waals surface area contributed by atoms with Crippen LogP contribution >= 0.6 is 0 Å². The van der Waals surface area contributed by atoms with Gasteiger partial charge in [-0.2, -0.15) is 0 Å². The third-order valence-electron chi connectivity index (χ3n) is 3.32. The second-order valence-electron chi connectivity index (χ2n) is 4.78. The monoisotopic (exact) mass is 304 g/mol. The van der Waals surface area contributed by atoms with E-state index in [1.54, 1.807) is 0 Å². The van der Waals surface area contributed by atoms with Crippen LogP contribution in [0.2, 0.25) is 0 Å². The molecule has 1 aromatic rings. The smallest absolute Gasteiger partial charge is 0.238 e. The van der Waals surface area contributed by atoms with Crippen LogP contribution in [0.5, 0.6) is 0 Å². The van der Waals surface area contributed by atoms with E-state index in [4.69, 9.17) is 5.14 Å². The SMILES string of the molecule is NS(=O)(=O)c1cc(F)c(NC(=O)C2CCCC2)c(F)c1. The standard InChI is InChI=1S/C12H14F2N2O3S/c13-9-5-8(20(15,18)19)6-10(14)11(9)16-12(17)7-3-1-2-4-7/h5-7H,1-4H2,(H,16,17)(H2,15,18,19). The number of nitrogens with two attached hydrogens (primary N) is 1. The number of sulfonamides is 1. The molecule has 1 aromatic carbocycles. The van der Waals surface area contributed by atoms with Crippen LogP contribution in [0.3, 0.4) is 0 Å². The number of primary sulfonamides is 1. The summed E-state index contributed by atoms with van der Waals surface area (Å²) in [4.78, 5) is 11.1. The molecule has 2 rings (SSSR count). The number of anilines is 1. The molecule has 5 nitrogen and oxygen atoms in total. The van der Waals surface area contributed by atoms with Gasteiger partial charge in [-0.3, -0.25) is 4.79 Å². The zero-order valence-corrected chi connectivity index (χ0v) is 11.3. The molecule has 1 saturated carbocycles. The topological polar surface area (TPSA) is 89.3 Å². The Morgan fingerprint density at radius 3 is 2.15 bits per heavy atom. The molecule has 0 aliphatic heterocycles. The molecule has 0 aromatic heterocycles. The van der Waals surface area contributed by atoms with Gasteiger partial charge in [0.05, 0.1) is 4.90 Å². The second-order valence-corrected chi connectivity index (χ2v) is 6.34. The van der Waals surface area contributed by atoms with Crippen molar-refractivity contribution in [3.05, 3.63) is 23.8 Å². The molecule has 1 fully saturated rings. The van der Waals surface area contributed by atoms with E-state index in [0.717, 1.165) is 12.8 Å². The van der Waals surface area contributed by atoms with Gasteiger partial charge >= 0.3 is 0 Å². The average molecular weight is 304 g/mol. The number of benzene rings is 1. The van der Waals surface area contributed by atoms with Crippen LogP contribution in [0.15, 0.2) is 17.0 Å². The number of hydrogen-bond donors (Lipinski definition) is 2. The quantitative estimate of drug-likeness (QED) is 0.891. The minimum atomic E-state index is -4.20. The van der Waals surface area contributed by atoms with E-state index >= 15 is 0 Å². The van der Waals surface area contributed by atoms with Crippen molar-refractivity contribution >= 4 is 21.6 Å². The maximum absolute atomic E-state index is 13.7. The zero-order chi connectivity index (χ0) is 14.9. The molecule has 1 aliphatic carbocycles. The highest BCUT2D eigenvalue weighted by atomic mass is 32.2. The van der Waals surface area contributed by atoms with Gasteiger partial charge in [-0.25, -0.2) is 22.3 Å². The van der Waals surface area contributed by atoms with E-state index in [1.807, 2.05) is 0 Å². The van der Waals surface area contributed by atoms with Crippen molar-refractivity contribution < 1.29 is 22.0 Å². The molecule has 20 heavy (non-hydrogen) atoms. The normalized spacial score (nSPS) is 16.4. The van der Waals surface area contributed by atoms with Gasteiger partial charge in [0.2, 0.25) is 15.9 Å². The molecular weight excluding hydrogens is 290 g/mol. The molecule has 0 atom stereocenters. The lowest BCUT2D eigenvalue weighted by atomic mass is 10.1. The molecule has 0 spiro atoms. The van der Waals surface area contributed by atoms with E-state index in [1.165, 1.54) is 0 Å². The van der Waals surface area contributed by atoms with Crippen molar-refractivity contribution in [1.82, 2.24) is 0 Å².